The van der Waals surface area contributed by atoms with Crippen LogP contribution in [0.4, 0.5) is 0 Å². The molecule has 2 rings (SSSR count). The monoisotopic (exact) mass is 240 g/mol. The normalized spacial score (nSPS) is 21.6. The van der Waals surface area contributed by atoms with Gasteiger partial charge in [-0.1, -0.05) is 20.8 Å². The van der Waals surface area contributed by atoms with Crippen LogP contribution in [0.5, 0.6) is 0 Å². The van der Waals surface area contributed by atoms with Gasteiger partial charge in [-0.2, -0.15) is 0 Å². The van der Waals surface area contributed by atoms with Crippen LogP contribution in [-0.2, 0) is 16.7 Å². The predicted molar refractivity (Wildman–Crippen MR) is 65.8 cm³/mol. The molecule has 0 aliphatic carbocycles. The fourth-order valence-electron chi connectivity index (χ4n) is 1.88. The number of ether oxygens (including phenoxy) is 1. The van der Waals surface area contributed by atoms with Crippen molar-refractivity contribution in [2.45, 2.75) is 51.7 Å². The molecule has 0 radical (unpaired) electrons. The molecule has 90 valence electrons. The van der Waals surface area contributed by atoms with E-state index in [1.807, 2.05) is 4.57 Å². The van der Waals surface area contributed by atoms with Crippen LogP contribution < -0.4 is 4.80 Å². The molecule has 2 heterocycles. The van der Waals surface area contributed by atoms with Crippen molar-refractivity contribution in [3.05, 3.63) is 15.9 Å². The fourth-order valence-corrected chi connectivity index (χ4v) is 2.82. The zero-order valence-electron chi connectivity index (χ0n) is 10.2. The van der Waals surface area contributed by atoms with E-state index in [2.05, 4.69) is 27.0 Å². The predicted octanol–water partition coefficient (Wildman–Crippen LogP) is 2.51. The minimum atomic E-state index is 0.141. The molecule has 0 bridgehead atoms. The number of hydrogen-bond acceptors (Lipinski definition) is 3. The summed E-state index contributed by atoms with van der Waals surface area (Å²) >= 11 is 1.58. The highest BCUT2D eigenvalue weighted by molar-refractivity contribution is 7.09. The molecule has 1 unspecified atom stereocenters. The van der Waals surface area contributed by atoms with E-state index in [-0.39, 0.29) is 5.41 Å². The molecule has 0 saturated carbocycles. The minimum Gasteiger partial charge on any atom is -0.376 e. The first-order valence-corrected chi connectivity index (χ1v) is 6.65. The van der Waals surface area contributed by atoms with E-state index in [9.17, 15) is 0 Å². The molecule has 0 amide bonds. The third-order valence-electron chi connectivity index (χ3n) is 2.90. The minimum absolute atomic E-state index is 0.141. The van der Waals surface area contributed by atoms with Crippen molar-refractivity contribution in [3.8, 4) is 0 Å². The average Bonchev–Trinajstić information content (AvgIpc) is 2.76. The molecule has 1 aromatic rings. The lowest BCUT2D eigenvalue weighted by Gasteiger charge is -2.15. The lowest BCUT2D eigenvalue weighted by atomic mass is 9.95. The van der Waals surface area contributed by atoms with Crippen molar-refractivity contribution in [3.63, 3.8) is 0 Å². The van der Waals surface area contributed by atoms with Crippen molar-refractivity contribution < 1.29 is 4.74 Å². The molecule has 1 aromatic heterocycles. The third-order valence-corrected chi connectivity index (χ3v) is 4.27. The fraction of sp³-hybridized carbons (Fsp3) is 0.750. The van der Waals surface area contributed by atoms with Gasteiger partial charge in [0.2, 0.25) is 0 Å². The summed E-state index contributed by atoms with van der Waals surface area (Å²) in [6.45, 7) is 8.29. The van der Waals surface area contributed by atoms with E-state index >= 15 is 0 Å². The Morgan fingerprint density at radius 3 is 2.81 bits per heavy atom. The number of nitrogens with one attached hydrogen (secondary N) is 1. The Morgan fingerprint density at radius 2 is 2.31 bits per heavy atom. The lowest BCUT2D eigenvalue weighted by molar-refractivity contribution is 0.0962. The van der Waals surface area contributed by atoms with Crippen molar-refractivity contribution in [2.75, 3.05) is 6.61 Å². The van der Waals surface area contributed by atoms with Gasteiger partial charge < -0.3 is 9.30 Å². The topological polar surface area (TPSA) is 38.0 Å². The summed E-state index contributed by atoms with van der Waals surface area (Å²) in [5.41, 5.74) is 0.141. The maximum atomic E-state index is 7.96. The van der Waals surface area contributed by atoms with Crippen LogP contribution in [0.15, 0.2) is 6.20 Å². The van der Waals surface area contributed by atoms with Crippen LogP contribution in [0.1, 0.15) is 38.5 Å². The number of aromatic nitrogens is 1. The largest absolute Gasteiger partial charge is 0.376 e. The molecule has 4 heteroatoms. The molecule has 3 nitrogen and oxygen atoms in total. The molecule has 1 atom stereocenters. The van der Waals surface area contributed by atoms with Crippen LogP contribution in [0.2, 0.25) is 0 Å². The molecule has 1 saturated heterocycles. The van der Waals surface area contributed by atoms with E-state index in [1.165, 1.54) is 4.88 Å². The maximum Gasteiger partial charge on any atom is 0.182 e. The smallest absolute Gasteiger partial charge is 0.182 e. The molecule has 0 aromatic carbocycles. The second kappa shape index (κ2) is 4.34. The van der Waals surface area contributed by atoms with Crippen LogP contribution in [0.3, 0.4) is 0 Å². The number of thiazole rings is 1. The highest BCUT2D eigenvalue weighted by Crippen LogP contribution is 2.24. The van der Waals surface area contributed by atoms with E-state index in [0.29, 0.717) is 10.9 Å². The van der Waals surface area contributed by atoms with Crippen LogP contribution in [0.25, 0.3) is 0 Å². The SMILES string of the molecule is CC(C)(C)c1cn(CC2CCCO2)c(=N)s1. The maximum absolute atomic E-state index is 7.96. The highest BCUT2D eigenvalue weighted by atomic mass is 32.1. The summed E-state index contributed by atoms with van der Waals surface area (Å²) in [5.74, 6) is 0. The van der Waals surface area contributed by atoms with Crippen molar-refractivity contribution in [1.82, 2.24) is 4.57 Å². The Morgan fingerprint density at radius 1 is 1.56 bits per heavy atom. The Bertz CT molecular complexity index is 407. The van der Waals surface area contributed by atoms with E-state index in [1.54, 1.807) is 11.3 Å². The van der Waals surface area contributed by atoms with E-state index < -0.39 is 0 Å². The van der Waals surface area contributed by atoms with Crippen LogP contribution >= 0.6 is 11.3 Å². The van der Waals surface area contributed by atoms with Gasteiger partial charge in [0.1, 0.15) is 0 Å². The average molecular weight is 240 g/mol. The van der Waals surface area contributed by atoms with E-state index in [4.69, 9.17) is 10.1 Å². The van der Waals surface area contributed by atoms with Gasteiger partial charge in [0.15, 0.2) is 4.80 Å². The summed E-state index contributed by atoms with van der Waals surface area (Å²) < 4.78 is 7.64. The summed E-state index contributed by atoms with van der Waals surface area (Å²) in [4.78, 5) is 1.91. The molecular formula is C12H20N2OS. The van der Waals surface area contributed by atoms with Crippen LogP contribution in [-0.4, -0.2) is 17.3 Å². The van der Waals surface area contributed by atoms with Gasteiger partial charge in [0.05, 0.1) is 12.6 Å². The Kier molecular flexibility index (Phi) is 3.22. The highest BCUT2D eigenvalue weighted by Gasteiger charge is 2.20. The zero-order valence-corrected chi connectivity index (χ0v) is 11.1. The molecular weight excluding hydrogens is 220 g/mol. The molecule has 1 aliphatic rings. The number of rotatable bonds is 2. The van der Waals surface area contributed by atoms with E-state index in [0.717, 1.165) is 26.0 Å². The van der Waals surface area contributed by atoms with Crippen molar-refractivity contribution >= 4 is 11.3 Å². The van der Waals surface area contributed by atoms with Gasteiger partial charge in [-0.25, -0.2) is 0 Å². The number of hydrogen-bond donors (Lipinski definition) is 1. The molecule has 16 heavy (non-hydrogen) atoms. The van der Waals surface area contributed by atoms with Crippen LogP contribution in [0, 0.1) is 5.41 Å². The van der Waals surface area contributed by atoms with Gasteiger partial charge in [-0.3, -0.25) is 5.41 Å². The number of nitrogens with zero attached hydrogens (tertiary/aromatic N) is 1. The zero-order chi connectivity index (χ0) is 11.8. The standard InChI is InChI=1S/C12H20N2OS/c1-12(2,3)10-8-14(11(13)16-10)7-9-5-4-6-15-9/h8-9,13H,4-7H2,1-3H3. The second-order valence-corrected chi connectivity index (χ2v) is 6.47. The first-order chi connectivity index (χ1) is 7.47. The van der Waals surface area contributed by atoms with Crippen molar-refractivity contribution in [2.24, 2.45) is 0 Å². The first-order valence-electron chi connectivity index (χ1n) is 5.84. The molecule has 1 fully saturated rings. The molecule has 1 N–H and O–H groups in total. The summed E-state index contributed by atoms with van der Waals surface area (Å²) in [7, 11) is 0. The summed E-state index contributed by atoms with van der Waals surface area (Å²) in [6.07, 6.45) is 4.73. The summed E-state index contributed by atoms with van der Waals surface area (Å²) in [6, 6.07) is 0. The Labute approximate surface area is 101 Å². The lowest BCUT2D eigenvalue weighted by Crippen LogP contribution is -2.21. The summed E-state index contributed by atoms with van der Waals surface area (Å²) in [5, 5.41) is 7.96. The van der Waals surface area contributed by atoms with Gasteiger partial charge in [0, 0.05) is 17.7 Å². The van der Waals surface area contributed by atoms with Gasteiger partial charge in [-0.15, -0.1) is 11.3 Å². The molecule has 1 aliphatic heterocycles. The Balaban J connectivity index is 2.15. The van der Waals surface area contributed by atoms with Gasteiger partial charge in [0.25, 0.3) is 0 Å². The molecule has 0 spiro atoms. The van der Waals surface area contributed by atoms with Gasteiger partial charge in [-0.05, 0) is 18.3 Å². The first kappa shape index (κ1) is 11.9. The quantitative estimate of drug-likeness (QED) is 0.847. The third kappa shape index (κ3) is 2.55. The second-order valence-electron chi connectivity index (χ2n) is 5.44. The van der Waals surface area contributed by atoms with Crippen molar-refractivity contribution in [1.29, 1.82) is 5.41 Å². The van der Waals surface area contributed by atoms with Gasteiger partial charge >= 0.3 is 0 Å². The Hall–Kier alpha value is -0.610.